The molecule has 2 aromatic rings. The molecule has 1 aliphatic rings. The maximum absolute atomic E-state index is 12.3. The van der Waals surface area contributed by atoms with Gasteiger partial charge in [0.25, 0.3) is 0 Å². The van der Waals surface area contributed by atoms with Crippen molar-refractivity contribution in [2.75, 3.05) is 13.2 Å². The van der Waals surface area contributed by atoms with E-state index in [1.807, 2.05) is 31.2 Å². The van der Waals surface area contributed by atoms with Gasteiger partial charge in [0.1, 0.15) is 6.61 Å². The zero-order valence-electron chi connectivity index (χ0n) is 18.5. The number of ether oxygens (including phenoxy) is 1. The summed E-state index contributed by atoms with van der Waals surface area (Å²) in [5, 5.41) is 14.2. The minimum Gasteiger partial charge on any atom is -0.481 e. The minimum absolute atomic E-state index is 0.0148. The molecule has 0 radical (unpaired) electrons. The van der Waals surface area contributed by atoms with Crippen molar-refractivity contribution in [3.8, 4) is 11.1 Å². The van der Waals surface area contributed by atoms with E-state index in [1.165, 1.54) is 11.1 Å². The van der Waals surface area contributed by atoms with Gasteiger partial charge >= 0.3 is 12.1 Å². The Morgan fingerprint density at radius 2 is 1.59 bits per heavy atom. The molecule has 0 aromatic heterocycles. The number of carboxylic acids is 1. The zero-order chi connectivity index (χ0) is 23.1. The van der Waals surface area contributed by atoms with Crippen LogP contribution in [0.3, 0.4) is 0 Å². The second kappa shape index (κ2) is 10.8. The third kappa shape index (κ3) is 6.09. The van der Waals surface area contributed by atoms with Gasteiger partial charge in [-0.3, -0.25) is 9.59 Å². The van der Waals surface area contributed by atoms with Crippen LogP contribution >= 0.6 is 0 Å². The number of carbonyl (C=O) groups is 3. The first-order chi connectivity index (χ1) is 15.3. The molecule has 2 amide bonds. The van der Waals surface area contributed by atoms with Crippen LogP contribution in [0.2, 0.25) is 0 Å². The van der Waals surface area contributed by atoms with E-state index in [2.05, 4.69) is 34.9 Å². The predicted octanol–water partition coefficient (Wildman–Crippen LogP) is 3.92. The molecule has 7 heteroatoms. The number of nitrogens with one attached hydrogen (secondary N) is 2. The summed E-state index contributed by atoms with van der Waals surface area (Å²) in [7, 11) is 0. The fraction of sp³-hybridized carbons (Fsp3) is 0.400. The molecule has 1 unspecified atom stereocenters. The monoisotopic (exact) mass is 438 g/mol. The summed E-state index contributed by atoms with van der Waals surface area (Å²) in [6.45, 7) is 4.26. The third-order valence-electron chi connectivity index (χ3n) is 5.70. The summed E-state index contributed by atoms with van der Waals surface area (Å²) in [5.74, 6) is -0.984. The van der Waals surface area contributed by atoms with Crippen LogP contribution in [0.1, 0.15) is 50.2 Å². The molecule has 0 aliphatic heterocycles. The predicted molar refractivity (Wildman–Crippen MR) is 121 cm³/mol. The summed E-state index contributed by atoms with van der Waals surface area (Å²) < 4.78 is 5.51. The molecule has 3 N–H and O–H groups in total. The fourth-order valence-electron chi connectivity index (χ4n) is 4.00. The lowest BCUT2D eigenvalue weighted by Gasteiger charge is -2.17. The topological polar surface area (TPSA) is 105 Å². The zero-order valence-corrected chi connectivity index (χ0v) is 18.5. The quantitative estimate of drug-likeness (QED) is 0.521. The van der Waals surface area contributed by atoms with Gasteiger partial charge in [-0.25, -0.2) is 4.79 Å². The number of alkyl carbamates (subject to hydrolysis) is 1. The number of fused-ring (bicyclic) bond motifs is 3. The minimum atomic E-state index is -0.843. The van der Waals surface area contributed by atoms with Crippen LogP contribution in [0.4, 0.5) is 4.79 Å². The highest BCUT2D eigenvalue weighted by molar-refractivity contribution is 5.79. The van der Waals surface area contributed by atoms with Crippen LogP contribution in [0, 0.1) is 5.92 Å². The van der Waals surface area contributed by atoms with E-state index < -0.39 is 12.1 Å². The fourth-order valence-corrected chi connectivity index (χ4v) is 4.00. The summed E-state index contributed by atoms with van der Waals surface area (Å²) in [6, 6.07) is 15.9. The maximum Gasteiger partial charge on any atom is 0.407 e. The van der Waals surface area contributed by atoms with E-state index in [-0.39, 0.29) is 43.2 Å². The first kappa shape index (κ1) is 23.3. The maximum atomic E-state index is 12.3. The van der Waals surface area contributed by atoms with Crippen LogP contribution in [0.15, 0.2) is 48.5 Å². The number of amides is 2. The molecule has 170 valence electrons. The van der Waals surface area contributed by atoms with Crippen LogP contribution in [0.5, 0.6) is 0 Å². The average molecular weight is 439 g/mol. The second-order valence-corrected chi connectivity index (χ2v) is 8.42. The molecule has 3 rings (SSSR count). The Morgan fingerprint density at radius 1 is 1.00 bits per heavy atom. The van der Waals surface area contributed by atoms with Gasteiger partial charge in [-0.15, -0.1) is 0 Å². The van der Waals surface area contributed by atoms with Crippen molar-refractivity contribution in [2.24, 2.45) is 5.92 Å². The first-order valence-electron chi connectivity index (χ1n) is 10.9. The summed E-state index contributed by atoms with van der Waals surface area (Å²) >= 11 is 0. The normalized spacial score (nSPS) is 14.1. The molecule has 0 spiro atoms. The van der Waals surface area contributed by atoms with Crippen molar-refractivity contribution >= 4 is 18.0 Å². The summed E-state index contributed by atoms with van der Waals surface area (Å²) in [4.78, 5) is 35.0. The molecule has 7 nitrogen and oxygen atoms in total. The van der Waals surface area contributed by atoms with Crippen molar-refractivity contribution < 1.29 is 24.2 Å². The second-order valence-electron chi connectivity index (χ2n) is 8.42. The van der Waals surface area contributed by atoms with Crippen molar-refractivity contribution in [1.82, 2.24) is 10.6 Å². The van der Waals surface area contributed by atoms with Crippen LogP contribution in [-0.2, 0) is 14.3 Å². The van der Waals surface area contributed by atoms with Gasteiger partial charge in [0.2, 0.25) is 5.91 Å². The molecule has 0 saturated heterocycles. The average Bonchev–Trinajstić information content (AvgIpc) is 3.08. The summed E-state index contributed by atoms with van der Waals surface area (Å²) in [5.41, 5.74) is 4.62. The molecular weight excluding hydrogens is 408 g/mol. The Bertz CT molecular complexity index is 929. The number of hydrogen-bond donors (Lipinski definition) is 3. The Balaban J connectivity index is 1.44. The third-order valence-corrected chi connectivity index (χ3v) is 5.70. The van der Waals surface area contributed by atoms with Crippen molar-refractivity contribution in [1.29, 1.82) is 0 Å². The lowest BCUT2D eigenvalue weighted by molar-refractivity contribution is -0.137. The lowest BCUT2D eigenvalue weighted by Crippen LogP contribution is -2.39. The smallest absolute Gasteiger partial charge is 0.407 e. The van der Waals surface area contributed by atoms with Crippen molar-refractivity contribution in [3.05, 3.63) is 59.7 Å². The Labute approximate surface area is 188 Å². The Kier molecular flexibility index (Phi) is 7.87. The van der Waals surface area contributed by atoms with E-state index in [4.69, 9.17) is 9.84 Å². The Hall–Kier alpha value is -3.35. The molecule has 0 heterocycles. The van der Waals surface area contributed by atoms with Gasteiger partial charge in [0.05, 0.1) is 0 Å². The van der Waals surface area contributed by atoms with Gasteiger partial charge in [0.15, 0.2) is 0 Å². The van der Waals surface area contributed by atoms with E-state index in [0.29, 0.717) is 13.0 Å². The molecule has 1 aliphatic carbocycles. The molecule has 0 saturated carbocycles. The highest BCUT2D eigenvalue weighted by atomic mass is 16.5. The number of carboxylic acid groups (broad SMARTS) is 1. The van der Waals surface area contributed by atoms with Crippen molar-refractivity contribution in [3.63, 3.8) is 0 Å². The van der Waals surface area contributed by atoms with E-state index >= 15 is 0 Å². The van der Waals surface area contributed by atoms with E-state index in [0.717, 1.165) is 11.1 Å². The van der Waals surface area contributed by atoms with Crippen molar-refractivity contribution in [2.45, 2.75) is 45.1 Å². The molecule has 32 heavy (non-hydrogen) atoms. The van der Waals surface area contributed by atoms with E-state index in [9.17, 15) is 14.4 Å². The van der Waals surface area contributed by atoms with Gasteiger partial charge in [-0.1, -0.05) is 55.5 Å². The lowest BCUT2D eigenvalue weighted by atomic mass is 9.98. The van der Waals surface area contributed by atoms with Crippen LogP contribution in [-0.4, -0.2) is 42.3 Å². The van der Waals surface area contributed by atoms with E-state index in [1.54, 1.807) is 6.92 Å². The molecule has 2 aromatic carbocycles. The van der Waals surface area contributed by atoms with Gasteiger partial charge in [0, 0.05) is 31.3 Å². The SMILES string of the molecule is CC(CCC(=O)O)CNC(=O)C[C@@H](C)NC(=O)OCC1c2ccccc2-c2ccccc21. The highest BCUT2D eigenvalue weighted by Gasteiger charge is 2.29. The first-order valence-corrected chi connectivity index (χ1v) is 10.9. The number of benzene rings is 2. The number of carbonyl (C=O) groups excluding carboxylic acids is 2. The largest absolute Gasteiger partial charge is 0.481 e. The van der Waals surface area contributed by atoms with Crippen LogP contribution in [0.25, 0.3) is 11.1 Å². The molecular formula is C25H30N2O5. The Morgan fingerprint density at radius 3 is 2.19 bits per heavy atom. The number of hydrogen-bond acceptors (Lipinski definition) is 4. The number of rotatable bonds is 10. The van der Waals surface area contributed by atoms with Crippen LogP contribution < -0.4 is 10.6 Å². The molecule has 2 atom stereocenters. The van der Waals surface area contributed by atoms with Gasteiger partial charge in [-0.05, 0) is 41.5 Å². The van der Waals surface area contributed by atoms with Gasteiger partial charge < -0.3 is 20.5 Å². The number of aliphatic carboxylic acids is 1. The standard InChI is InChI=1S/C25H30N2O5/c1-16(11-12-24(29)30)14-26-23(28)13-17(2)27-25(31)32-15-22-20-9-5-3-7-18(20)19-8-4-6-10-21(19)22/h3-10,16-17,22H,11-15H2,1-2H3,(H,26,28)(H,27,31)(H,29,30)/t16?,17-/m1/s1. The van der Waals surface area contributed by atoms with Gasteiger partial charge in [-0.2, -0.15) is 0 Å². The summed E-state index contributed by atoms with van der Waals surface area (Å²) in [6.07, 6.45) is 0.150. The highest BCUT2D eigenvalue weighted by Crippen LogP contribution is 2.44. The molecule has 0 fully saturated rings. The molecule has 0 bridgehead atoms.